The van der Waals surface area contributed by atoms with E-state index in [1.54, 1.807) is 20.4 Å². The third-order valence-electron chi connectivity index (χ3n) is 3.79. The van der Waals surface area contributed by atoms with Gasteiger partial charge in [0.15, 0.2) is 27.6 Å². The van der Waals surface area contributed by atoms with Crippen molar-refractivity contribution >= 4 is 34.1 Å². The molecule has 1 aromatic carbocycles. The van der Waals surface area contributed by atoms with Gasteiger partial charge in [-0.05, 0) is 25.1 Å². The van der Waals surface area contributed by atoms with Crippen LogP contribution in [0.1, 0.15) is 6.92 Å². The average molecular weight is 406 g/mol. The smallest absolute Gasteiger partial charge is 0.239 e. The van der Waals surface area contributed by atoms with Gasteiger partial charge < -0.3 is 19.4 Å². The lowest BCUT2D eigenvalue weighted by molar-refractivity contribution is -0.115. The maximum absolute atomic E-state index is 12.3. The SMILES string of the molecule is COc1ccc(-c2nnc(SC(C)C(=O)Nc3nccs3)n2C)cc1OC. The largest absolute Gasteiger partial charge is 0.493 e. The molecule has 27 heavy (non-hydrogen) atoms. The second kappa shape index (κ2) is 8.40. The predicted molar refractivity (Wildman–Crippen MR) is 106 cm³/mol. The van der Waals surface area contributed by atoms with Crippen LogP contribution in [0.15, 0.2) is 34.9 Å². The normalized spacial score (nSPS) is 11.9. The Balaban J connectivity index is 1.76. The highest BCUT2D eigenvalue weighted by Gasteiger charge is 2.20. The molecule has 0 radical (unpaired) electrons. The lowest BCUT2D eigenvalue weighted by atomic mass is 10.2. The number of hydrogen-bond donors (Lipinski definition) is 1. The number of methoxy groups -OCH3 is 2. The zero-order valence-corrected chi connectivity index (χ0v) is 16.9. The van der Waals surface area contributed by atoms with E-state index in [-0.39, 0.29) is 11.2 Å². The van der Waals surface area contributed by atoms with Crippen molar-refractivity contribution in [1.29, 1.82) is 0 Å². The van der Waals surface area contributed by atoms with Crippen LogP contribution in [0.3, 0.4) is 0 Å². The number of nitrogens with zero attached hydrogens (tertiary/aromatic N) is 4. The Kier molecular flexibility index (Phi) is 5.97. The van der Waals surface area contributed by atoms with E-state index in [4.69, 9.17) is 9.47 Å². The van der Waals surface area contributed by atoms with Crippen molar-refractivity contribution in [3.05, 3.63) is 29.8 Å². The summed E-state index contributed by atoms with van der Waals surface area (Å²) in [5, 5.41) is 13.9. The molecule has 2 aromatic heterocycles. The van der Waals surface area contributed by atoms with Gasteiger partial charge >= 0.3 is 0 Å². The number of thiazole rings is 1. The molecule has 0 fully saturated rings. The van der Waals surface area contributed by atoms with Gasteiger partial charge in [-0.25, -0.2) is 4.98 Å². The van der Waals surface area contributed by atoms with Crippen molar-refractivity contribution < 1.29 is 14.3 Å². The molecule has 0 saturated carbocycles. The van der Waals surface area contributed by atoms with Crippen molar-refractivity contribution in [2.75, 3.05) is 19.5 Å². The summed E-state index contributed by atoms with van der Waals surface area (Å²) in [6.45, 7) is 1.82. The molecule has 1 atom stereocenters. The topological polar surface area (TPSA) is 91.2 Å². The first-order valence-corrected chi connectivity index (χ1v) is 9.78. The summed E-state index contributed by atoms with van der Waals surface area (Å²) in [5.41, 5.74) is 0.842. The number of ether oxygens (including phenoxy) is 2. The number of aromatic nitrogens is 4. The van der Waals surface area contributed by atoms with Crippen LogP contribution in [0.2, 0.25) is 0 Å². The second-order valence-electron chi connectivity index (χ2n) is 5.52. The Morgan fingerprint density at radius 2 is 2.04 bits per heavy atom. The molecule has 2 heterocycles. The maximum Gasteiger partial charge on any atom is 0.239 e. The Bertz CT molecular complexity index is 927. The first kappa shape index (κ1) is 19.2. The van der Waals surface area contributed by atoms with Crippen molar-refractivity contribution in [2.24, 2.45) is 7.05 Å². The number of anilines is 1. The summed E-state index contributed by atoms with van der Waals surface area (Å²) in [5.74, 6) is 1.80. The fourth-order valence-corrected chi connectivity index (χ4v) is 3.69. The summed E-state index contributed by atoms with van der Waals surface area (Å²) < 4.78 is 12.5. The first-order chi connectivity index (χ1) is 13.0. The molecule has 0 aliphatic heterocycles. The highest BCUT2D eigenvalue weighted by Crippen LogP contribution is 2.33. The monoisotopic (exact) mass is 405 g/mol. The number of benzene rings is 1. The van der Waals surface area contributed by atoms with E-state index in [1.807, 2.05) is 42.1 Å². The van der Waals surface area contributed by atoms with Gasteiger partial charge in [0.05, 0.1) is 19.5 Å². The maximum atomic E-state index is 12.3. The van der Waals surface area contributed by atoms with Crippen molar-refractivity contribution in [2.45, 2.75) is 17.3 Å². The van der Waals surface area contributed by atoms with Crippen LogP contribution in [0.5, 0.6) is 11.5 Å². The quantitative estimate of drug-likeness (QED) is 0.604. The van der Waals surface area contributed by atoms with E-state index in [0.29, 0.717) is 27.6 Å². The van der Waals surface area contributed by atoms with Crippen LogP contribution >= 0.6 is 23.1 Å². The molecule has 1 amide bonds. The number of nitrogens with one attached hydrogen (secondary N) is 1. The van der Waals surface area contributed by atoms with Crippen molar-refractivity contribution in [1.82, 2.24) is 19.7 Å². The lowest BCUT2D eigenvalue weighted by Crippen LogP contribution is -2.22. The van der Waals surface area contributed by atoms with Crippen LogP contribution in [0.4, 0.5) is 5.13 Å². The predicted octanol–water partition coefficient (Wildman–Crippen LogP) is 3.08. The number of carbonyl (C=O) groups excluding carboxylic acids is 1. The Morgan fingerprint density at radius 3 is 2.70 bits per heavy atom. The zero-order valence-electron chi connectivity index (χ0n) is 15.3. The number of rotatable bonds is 7. The molecule has 3 rings (SSSR count). The van der Waals surface area contributed by atoms with Gasteiger partial charge in [-0.3, -0.25) is 4.79 Å². The standard InChI is InChI=1S/C17H19N5O3S2/c1-10(15(23)19-16-18-7-8-26-16)27-17-21-20-14(22(17)2)11-5-6-12(24-3)13(9-11)25-4/h5-10H,1-4H3,(H,18,19,23). The Morgan fingerprint density at radius 1 is 1.26 bits per heavy atom. The molecule has 1 N–H and O–H groups in total. The number of hydrogen-bond acceptors (Lipinski definition) is 8. The van der Waals surface area contributed by atoms with E-state index >= 15 is 0 Å². The van der Waals surface area contributed by atoms with E-state index < -0.39 is 0 Å². The minimum Gasteiger partial charge on any atom is -0.493 e. The van der Waals surface area contributed by atoms with E-state index in [2.05, 4.69) is 20.5 Å². The Labute approximate surface area is 164 Å². The summed E-state index contributed by atoms with van der Waals surface area (Å²) >= 11 is 2.71. The highest BCUT2D eigenvalue weighted by molar-refractivity contribution is 8.00. The molecule has 0 bridgehead atoms. The van der Waals surface area contributed by atoms with E-state index in [9.17, 15) is 4.79 Å². The van der Waals surface area contributed by atoms with Gasteiger partial charge in [-0.2, -0.15) is 0 Å². The fourth-order valence-electron chi connectivity index (χ4n) is 2.35. The molecular formula is C17H19N5O3S2. The zero-order chi connectivity index (χ0) is 19.4. The summed E-state index contributed by atoms with van der Waals surface area (Å²) in [7, 11) is 5.04. The van der Waals surface area contributed by atoms with Crippen LogP contribution < -0.4 is 14.8 Å². The molecule has 142 valence electrons. The molecule has 8 nitrogen and oxygen atoms in total. The molecule has 3 aromatic rings. The minimum atomic E-state index is -0.352. The first-order valence-electron chi connectivity index (χ1n) is 8.02. The van der Waals surface area contributed by atoms with Gasteiger partial charge in [-0.1, -0.05) is 11.8 Å². The third-order valence-corrected chi connectivity index (χ3v) is 5.61. The van der Waals surface area contributed by atoms with Crippen LogP contribution in [0, 0.1) is 0 Å². The lowest BCUT2D eigenvalue weighted by Gasteiger charge is -2.11. The number of carbonyl (C=O) groups is 1. The molecule has 0 aliphatic rings. The summed E-state index contributed by atoms with van der Waals surface area (Å²) in [4.78, 5) is 16.4. The average Bonchev–Trinajstić information content (AvgIpc) is 3.31. The molecule has 0 saturated heterocycles. The van der Waals surface area contributed by atoms with Crippen molar-refractivity contribution in [3.63, 3.8) is 0 Å². The highest BCUT2D eigenvalue weighted by atomic mass is 32.2. The summed E-state index contributed by atoms with van der Waals surface area (Å²) in [6, 6.07) is 5.55. The van der Waals surface area contributed by atoms with E-state index in [1.165, 1.54) is 23.1 Å². The third kappa shape index (κ3) is 4.22. The number of thioether (sulfide) groups is 1. The molecule has 0 spiro atoms. The molecule has 1 unspecified atom stereocenters. The van der Waals surface area contributed by atoms with Gasteiger partial charge in [0.25, 0.3) is 0 Å². The van der Waals surface area contributed by atoms with Gasteiger partial charge in [0.1, 0.15) is 0 Å². The van der Waals surface area contributed by atoms with Gasteiger partial charge in [0, 0.05) is 24.2 Å². The Hall–Kier alpha value is -2.59. The molecule has 10 heteroatoms. The fraction of sp³-hybridized carbons (Fsp3) is 0.294. The molecule has 0 aliphatic carbocycles. The minimum absolute atomic E-state index is 0.134. The van der Waals surface area contributed by atoms with Crippen LogP contribution in [0.25, 0.3) is 11.4 Å². The van der Waals surface area contributed by atoms with Gasteiger partial charge in [0.2, 0.25) is 5.91 Å². The van der Waals surface area contributed by atoms with Crippen molar-refractivity contribution in [3.8, 4) is 22.9 Å². The van der Waals surface area contributed by atoms with Gasteiger partial charge in [-0.15, -0.1) is 21.5 Å². The summed E-state index contributed by atoms with van der Waals surface area (Å²) in [6.07, 6.45) is 1.65. The second-order valence-corrected chi connectivity index (χ2v) is 7.72. The van der Waals surface area contributed by atoms with E-state index in [0.717, 1.165) is 5.56 Å². The van der Waals surface area contributed by atoms with Crippen LogP contribution in [-0.2, 0) is 11.8 Å². The van der Waals surface area contributed by atoms with Crippen LogP contribution in [-0.4, -0.2) is 45.1 Å². The molecular weight excluding hydrogens is 386 g/mol. The number of amides is 1.